The third-order valence-corrected chi connectivity index (χ3v) is 4.98. The first-order valence-electron chi connectivity index (χ1n) is 8.99. The normalized spacial score (nSPS) is 17.5. The second-order valence-electron chi connectivity index (χ2n) is 7.07. The fourth-order valence-electron chi connectivity index (χ4n) is 3.65. The molecule has 1 atom stereocenters. The highest BCUT2D eigenvalue weighted by molar-refractivity contribution is 5.83. The van der Waals surface area contributed by atoms with Crippen molar-refractivity contribution < 1.29 is 9.21 Å². The van der Waals surface area contributed by atoms with E-state index in [2.05, 4.69) is 16.2 Å². The molecule has 0 saturated carbocycles. The molecule has 0 bridgehead atoms. The second kappa shape index (κ2) is 7.44. The first-order valence-corrected chi connectivity index (χ1v) is 8.99. The van der Waals surface area contributed by atoms with Crippen LogP contribution >= 0.6 is 0 Å². The lowest BCUT2D eigenvalue weighted by atomic mass is 10.00. The van der Waals surface area contributed by atoms with E-state index >= 15 is 0 Å². The highest BCUT2D eigenvalue weighted by Gasteiger charge is 2.26. The zero-order chi connectivity index (χ0) is 18.0. The monoisotopic (exact) mass is 344 g/mol. The topological polar surface area (TPSA) is 54.5 Å². The molecule has 0 spiro atoms. The first kappa shape index (κ1) is 17.7. The standard InChI is InChI=1S/C19H28N4O2/c1-14-10-18(16(3)25-14)15(2)19(24)23-7-5-6-22(8-9-23)13-17-11-20-21(4)12-17/h10-12,15H,5-9,13H2,1-4H3/t15-/m1/s1. The molecule has 136 valence electrons. The molecule has 1 aliphatic rings. The Morgan fingerprint density at radius 1 is 1.28 bits per heavy atom. The molecule has 2 aromatic rings. The summed E-state index contributed by atoms with van der Waals surface area (Å²) in [7, 11) is 1.94. The predicted octanol–water partition coefficient (Wildman–Crippen LogP) is 2.47. The molecule has 0 unspecified atom stereocenters. The summed E-state index contributed by atoms with van der Waals surface area (Å²) in [5.74, 6) is 1.77. The quantitative estimate of drug-likeness (QED) is 0.855. The lowest BCUT2D eigenvalue weighted by molar-refractivity contribution is -0.132. The largest absolute Gasteiger partial charge is 0.466 e. The van der Waals surface area contributed by atoms with E-state index in [4.69, 9.17) is 4.42 Å². The summed E-state index contributed by atoms with van der Waals surface area (Å²) in [5, 5.41) is 4.23. The van der Waals surface area contributed by atoms with Crippen LogP contribution in [0.5, 0.6) is 0 Å². The van der Waals surface area contributed by atoms with Crippen LogP contribution in [-0.4, -0.2) is 51.7 Å². The maximum absolute atomic E-state index is 12.9. The maximum Gasteiger partial charge on any atom is 0.230 e. The average Bonchev–Trinajstić information content (AvgIpc) is 3.03. The molecule has 1 saturated heterocycles. The minimum Gasteiger partial charge on any atom is -0.466 e. The van der Waals surface area contributed by atoms with Crippen molar-refractivity contribution in [1.29, 1.82) is 0 Å². The van der Waals surface area contributed by atoms with Crippen LogP contribution in [0.25, 0.3) is 0 Å². The van der Waals surface area contributed by atoms with Gasteiger partial charge in [-0.3, -0.25) is 14.4 Å². The fraction of sp³-hybridized carbons (Fsp3) is 0.579. The van der Waals surface area contributed by atoms with Crippen LogP contribution < -0.4 is 0 Å². The Morgan fingerprint density at radius 2 is 2.08 bits per heavy atom. The van der Waals surface area contributed by atoms with Crippen LogP contribution in [0.15, 0.2) is 22.9 Å². The van der Waals surface area contributed by atoms with Gasteiger partial charge in [0.2, 0.25) is 5.91 Å². The molecule has 0 radical (unpaired) electrons. The molecule has 6 heteroatoms. The van der Waals surface area contributed by atoms with E-state index < -0.39 is 0 Å². The fourth-order valence-corrected chi connectivity index (χ4v) is 3.65. The van der Waals surface area contributed by atoms with Gasteiger partial charge in [0.25, 0.3) is 0 Å². The lowest BCUT2D eigenvalue weighted by Crippen LogP contribution is -2.37. The van der Waals surface area contributed by atoms with Crippen molar-refractivity contribution >= 4 is 5.91 Å². The number of carbonyl (C=O) groups excluding carboxylic acids is 1. The van der Waals surface area contributed by atoms with Gasteiger partial charge in [-0.15, -0.1) is 0 Å². The lowest BCUT2D eigenvalue weighted by Gasteiger charge is -2.24. The summed E-state index contributed by atoms with van der Waals surface area (Å²) < 4.78 is 7.43. The summed E-state index contributed by atoms with van der Waals surface area (Å²) in [6.45, 7) is 10.2. The van der Waals surface area contributed by atoms with E-state index in [1.165, 1.54) is 5.56 Å². The van der Waals surface area contributed by atoms with Crippen LogP contribution in [0, 0.1) is 13.8 Å². The number of aromatic nitrogens is 2. The summed E-state index contributed by atoms with van der Waals surface area (Å²) in [4.78, 5) is 17.3. The van der Waals surface area contributed by atoms with Crippen molar-refractivity contribution in [2.45, 2.75) is 39.7 Å². The van der Waals surface area contributed by atoms with Gasteiger partial charge in [0.05, 0.1) is 12.1 Å². The first-order chi connectivity index (χ1) is 11.9. The predicted molar refractivity (Wildman–Crippen MR) is 96.3 cm³/mol. The average molecular weight is 344 g/mol. The number of nitrogens with zero attached hydrogens (tertiary/aromatic N) is 4. The Kier molecular flexibility index (Phi) is 5.27. The van der Waals surface area contributed by atoms with Gasteiger partial charge in [-0.2, -0.15) is 5.10 Å². The van der Waals surface area contributed by atoms with E-state index in [9.17, 15) is 4.79 Å². The van der Waals surface area contributed by atoms with E-state index in [0.29, 0.717) is 0 Å². The van der Waals surface area contributed by atoms with Crippen LogP contribution in [0.1, 0.15) is 41.9 Å². The van der Waals surface area contributed by atoms with E-state index in [0.717, 1.165) is 56.2 Å². The Morgan fingerprint density at radius 3 is 2.72 bits per heavy atom. The van der Waals surface area contributed by atoms with Gasteiger partial charge in [0, 0.05) is 57.1 Å². The van der Waals surface area contributed by atoms with Crippen LogP contribution in [0.2, 0.25) is 0 Å². The Labute approximate surface area is 149 Å². The molecule has 3 heterocycles. The number of carbonyl (C=O) groups is 1. The molecular formula is C19H28N4O2. The van der Waals surface area contributed by atoms with Gasteiger partial charge in [-0.25, -0.2) is 0 Å². The van der Waals surface area contributed by atoms with E-state index in [-0.39, 0.29) is 11.8 Å². The molecule has 3 rings (SSSR count). The van der Waals surface area contributed by atoms with Crippen molar-refractivity contribution in [2.24, 2.45) is 7.05 Å². The number of amides is 1. The van der Waals surface area contributed by atoms with Crippen LogP contribution in [0.4, 0.5) is 0 Å². The number of aryl methyl sites for hydroxylation is 3. The summed E-state index contributed by atoms with van der Waals surface area (Å²) >= 11 is 0. The zero-order valence-corrected chi connectivity index (χ0v) is 15.7. The van der Waals surface area contributed by atoms with Crippen molar-refractivity contribution in [2.75, 3.05) is 26.2 Å². The third kappa shape index (κ3) is 4.12. The molecule has 6 nitrogen and oxygen atoms in total. The number of hydrogen-bond acceptors (Lipinski definition) is 4. The minimum atomic E-state index is -0.151. The van der Waals surface area contributed by atoms with Crippen molar-refractivity contribution in [1.82, 2.24) is 19.6 Å². The smallest absolute Gasteiger partial charge is 0.230 e. The Bertz CT molecular complexity index is 734. The molecule has 1 aliphatic heterocycles. The van der Waals surface area contributed by atoms with Crippen molar-refractivity contribution in [3.8, 4) is 0 Å². The van der Waals surface area contributed by atoms with Gasteiger partial charge in [0.1, 0.15) is 11.5 Å². The summed E-state index contributed by atoms with van der Waals surface area (Å²) in [6, 6.07) is 1.99. The number of hydrogen-bond donors (Lipinski definition) is 0. The third-order valence-electron chi connectivity index (χ3n) is 4.98. The minimum absolute atomic E-state index is 0.151. The van der Waals surface area contributed by atoms with Crippen LogP contribution in [0.3, 0.4) is 0 Å². The van der Waals surface area contributed by atoms with Gasteiger partial charge in [0.15, 0.2) is 0 Å². The van der Waals surface area contributed by atoms with Gasteiger partial charge < -0.3 is 9.32 Å². The van der Waals surface area contributed by atoms with Crippen molar-refractivity contribution in [3.63, 3.8) is 0 Å². The number of furan rings is 1. The van der Waals surface area contributed by atoms with Gasteiger partial charge in [-0.05, 0) is 33.3 Å². The molecule has 0 N–H and O–H groups in total. The van der Waals surface area contributed by atoms with Crippen LogP contribution in [-0.2, 0) is 18.4 Å². The van der Waals surface area contributed by atoms with Crippen molar-refractivity contribution in [3.05, 3.63) is 41.1 Å². The molecule has 1 fully saturated rings. The maximum atomic E-state index is 12.9. The molecule has 1 amide bonds. The SMILES string of the molecule is Cc1cc([C@@H](C)C(=O)N2CCCN(Cc3cnn(C)c3)CC2)c(C)o1. The zero-order valence-electron chi connectivity index (χ0n) is 15.7. The Hall–Kier alpha value is -2.08. The molecule has 25 heavy (non-hydrogen) atoms. The van der Waals surface area contributed by atoms with E-state index in [1.54, 1.807) is 0 Å². The highest BCUT2D eigenvalue weighted by atomic mass is 16.3. The summed E-state index contributed by atoms with van der Waals surface area (Å²) in [5.41, 5.74) is 2.24. The summed E-state index contributed by atoms with van der Waals surface area (Å²) in [6.07, 6.45) is 4.97. The molecule has 0 aliphatic carbocycles. The second-order valence-corrected chi connectivity index (χ2v) is 7.07. The number of rotatable bonds is 4. The van der Waals surface area contributed by atoms with Gasteiger partial charge >= 0.3 is 0 Å². The Balaban J connectivity index is 1.60. The molecular weight excluding hydrogens is 316 g/mol. The molecule has 2 aromatic heterocycles. The molecule has 0 aromatic carbocycles. The van der Waals surface area contributed by atoms with E-state index in [1.807, 2.05) is 49.7 Å². The highest BCUT2D eigenvalue weighted by Crippen LogP contribution is 2.25. The van der Waals surface area contributed by atoms with Gasteiger partial charge in [-0.1, -0.05) is 0 Å².